The van der Waals surface area contributed by atoms with Crippen molar-refractivity contribution in [2.24, 2.45) is 11.1 Å². The standard InChI is InChI=1S/C16H24N2O4S/c17-23(20,21)15-8-6-14(7-9-15)12-18-16(19)22-11-10-13-4-2-1-3-5-13/h6-9,13H,1-5,10-12H2,(H,18,19)(H2,17,20,21). The van der Waals surface area contributed by atoms with Gasteiger partial charge in [-0.15, -0.1) is 0 Å². The fraction of sp³-hybridized carbons (Fsp3) is 0.562. The number of amides is 1. The van der Waals surface area contributed by atoms with Crippen LogP contribution in [-0.4, -0.2) is 21.1 Å². The van der Waals surface area contributed by atoms with E-state index in [9.17, 15) is 13.2 Å². The van der Waals surface area contributed by atoms with Crippen LogP contribution in [-0.2, 0) is 21.3 Å². The Hall–Kier alpha value is -1.60. The third-order valence-electron chi connectivity index (χ3n) is 4.17. The summed E-state index contributed by atoms with van der Waals surface area (Å²) in [6, 6.07) is 6.06. The molecular formula is C16H24N2O4S. The Morgan fingerprint density at radius 2 is 1.83 bits per heavy atom. The van der Waals surface area contributed by atoms with E-state index in [0.717, 1.165) is 12.0 Å². The van der Waals surface area contributed by atoms with Crippen LogP contribution in [0.3, 0.4) is 0 Å². The fourth-order valence-corrected chi connectivity index (χ4v) is 3.33. The zero-order valence-electron chi connectivity index (χ0n) is 13.2. The van der Waals surface area contributed by atoms with Crippen LogP contribution in [0.1, 0.15) is 44.1 Å². The topological polar surface area (TPSA) is 98.5 Å². The van der Waals surface area contributed by atoms with E-state index in [1.807, 2.05) is 0 Å². The molecule has 6 nitrogen and oxygen atoms in total. The average Bonchev–Trinajstić information content (AvgIpc) is 2.53. The van der Waals surface area contributed by atoms with E-state index >= 15 is 0 Å². The number of hydrogen-bond donors (Lipinski definition) is 2. The average molecular weight is 340 g/mol. The number of sulfonamides is 1. The molecule has 7 heteroatoms. The van der Waals surface area contributed by atoms with E-state index in [4.69, 9.17) is 9.88 Å². The Kier molecular flexibility index (Phi) is 6.41. The molecule has 0 aliphatic heterocycles. The molecular weight excluding hydrogens is 316 g/mol. The van der Waals surface area contributed by atoms with Crippen LogP contribution in [0, 0.1) is 5.92 Å². The minimum Gasteiger partial charge on any atom is -0.450 e. The summed E-state index contributed by atoms with van der Waals surface area (Å²) >= 11 is 0. The smallest absolute Gasteiger partial charge is 0.407 e. The van der Waals surface area contributed by atoms with Crippen molar-refractivity contribution in [1.29, 1.82) is 0 Å². The highest BCUT2D eigenvalue weighted by Gasteiger charge is 2.14. The number of nitrogens with one attached hydrogen (secondary N) is 1. The summed E-state index contributed by atoms with van der Waals surface area (Å²) in [4.78, 5) is 11.7. The normalized spacial score (nSPS) is 16.0. The van der Waals surface area contributed by atoms with E-state index in [0.29, 0.717) is 12.5 Å². The maximum absolute atomic E-state index is 11.6. The van der Waals surface area contributed by atoms with Crippen LogP contribution in [0.5, 0.6) is 0 Å². The number of carbonyl (C=O) groups excluding carboxylic acids is 1. The number of carbonyl (C=O) groups is 1. The first-order valence-corrected chi connectivity index (χ1v) is 9.52. The second-order valence-corrected chi connectivity index (χ2v) is 7.53. The molecule has 0 spiro atoms. The van der Waals surface area contributed by atoms with Gasteiger partial charge in [-0.3, -0.25) is 0 Å². The summed E-state index contributed by atoms with van der Waals surface area (Å²) in [5.41, 5.74) is 0.779. The van der Waals surface area contributed by atoms with Gasteiger partial charge in [0.05, 0.1) is 11.5 Å². The number of benzene rings is 1. The molecule has 0 aromatic heterocycles. The summed E-state index contributed by atoms with van der Waals surface area (Å²) < 4.78 is 27.5. The fourth-order valence-electron chi connectivity index (χ4n) is 2.82. The van der Waals surface area contributed by atoms with Crippen LogP contribution < -0.4 is 10.5 Å². The monoisotopic (exact) mass is 340 g/mol. The van der Waals surface area contributed by atoms with E-state index in [1.165, 1.54) is 44.2 Å². The van der Waals surface area contributed by atoms with Crippen LogP contribution in [0.15, 0.2) is 29.2 Å². The molecule has 23 heavy (non-hydrogen) atoms. The van der Waals surface area contributed by atoms with Gasteiger partial charge in [-0.1, -0.05) is 44.2 Å². The molecule has 1 aromatic rings. The minimum absolute atomic E-state index is 0.0521. The van der Waals surface area contributed by atoms with Crippen molar-refractivity contribution in [1.82, 2.24) is 5.32 Å². The van der Waals surface area contributed by atoms with Gasteiger partial charge < -0.3 is 10.1 Å². The second-order valence-electron chi connectivity index (χ2n) is 5.97. The van der Waals surface area contributed by atoms with E-state index < -0.39 is 16.1 Å². The summed E-state index contributed by atoms with van der Waals surface area (Å²) in [5, 5.41) is 7.68. The number of primary sulfonamides is 1. The third-order valence-corrected chi connectivity index (χ3v) is 5.10. The summed E-state index contributed by atoms with van der Waals surface area (Å²) in [5.74, 6) is 0.683. The predicted octanol–water partition coefficient (Wildman–Crippen LogP) is 2.53. The van der Waals surface area contributed by atoms with Crippen LogP contribution >= 0.6 is 0 Å². The number of ether oxygens (including phenoxy) is 1. The number of nitrogens with two attached hydrogens (primary N) is 1. The molecule has 0 heterocycles. The van der Waals surface area contributed by atoms with Crippen LogP contribution in [0.25, 0.3) is 0 Å². The molecule has 2 rings (SSSR count). The molecule has 1 aromatic carbocycles. The Morgan fingerprint density at radius 3 is 2.43 bits per heavy atom. The van der Waals surface area contributed by atoms with Gasteiger partial charge in [-0.2, -0.15) is 0 Å². The number of rotatable bonds is 6. The van der Waals surface area contributed by atoms with Gasteiger partial charge in [0.1, 0.15) is 0 Å². The summed E-state index contributed by atoms with van der Waals surface area (Å²) in [6.45, 7) is 0.730. The highest BCUT2D eigenvalue weighted by atomic mass is 32.2. The van der Waals surface area contributed by atoms with Crippen molar-refractivity contribution >= 4 is 16.1 Å². The largest absolute Gasteiger partial charge is 0.450 e. The number of alkyl carbamates (subject to hydrolysis) is 1. The van der Waals surface area contributed by atoms with Gasteiger partial charge in [0.15, 0.2) is 0 Å². The maximum Gasteiger partial charge on any atom is 0.407 e. The number of hydrogen-bond acceptors (Lipinski definition) is 4. The quantitative estimate of drug-likeness (QED) is 0.831. The van der Waals surface area contributed by atoms with Crippen molar-refractivity contribution < 1.29 is 17.9 Å². The van der Waals surface area contributed by atoms with Gasteiger partial charge in [0, 0.05) is 6.54 Å². The lowest BCUT2D eigenvalue weighted by Gasteiger charge is -2.21. The van der Waals surface area contributed by atoms with E-state index in [-0.39, 0.29) is 11.4 Å². The molecule has 1 fully saturated rings. The Morgan fingerprint density at radius 1 is 1.17 bits per heavy atom. The third kappa shape index (κ3) is 6.19. The predicted molar refractivity (Wildman–Crippen MR) is 87.2 cm³/mol. The lowest BCUT2D eigenvalue weighted by Crippen LogP contribution is -2.25. The lowest BCUT2D eigenvalue weighted by atomic mass is 9.87. The highest BCUT2D eigenvalue weighted by Crippen LogP contribution is 2.26. The molecule has 0 unspecified atom stereocenters. The van der Waals surface area contributed by atoms with Crippen LogP contribution in [0.4, 0.5) is 4.79 Å². The van der Waals surface area contributed by atoms with Crippen molar-refractivity contribution in [3.63, 3.8) is 0 Å². The van der Waals surface area contributed by atoms with E-state index in [2.05, 4.69) is 5.32 Å². The molecule has 0 bridgehead atoms. The lowest BCUT2D eigenvalue weighted by molar-refractivity contribution is 0.134. The molecule has 3 N–H and O–H groups in total. The summed E-state index contributed by atoms with van der Waals surface area (Å²) in [7, 11) is -3.69. The van der Waals surface area contributed by atoms with Gasteiger partial charge in [0.2, 0.25) is 10.0 Å². The van der Waals surface area contributed by atoms with Crippen LogP contribution in [0.2, 0.25) is 0 Å². The van der Waals surface area contributed by atoms with Crippen molar-refractivity contribution in [2.75, 3.05) is 6.61 Å². The van der Waals surface area contributed by atoms with Gasteiger partial charge >= 0.3 is 6.09 Å². The van der Waals surface area contributed by atoms with E-state index in [1.54, 1.807) is 12.1 Å². The van der Waals surface area contributed by atoms with Gasteiger partial charge in [-0.05, 0) is 30.0 Å². The van der Waals surface area contributed by atoms with Gasteiger partial charge in [-0.25, -0.2) is 18.4 Å². The molecule has 1 saturated carbocycles. The zero-order valence-corrected chi connectivity index (χ0v) is 14.0. The van der Waals surface area contributed by atoms with Gasteiger partial charge in [0.25, 0.3) is 0 Å². The minimum atomic E-state index is -3.69. The Balaban J connectivity index is 1.67. The molecule has 0 atom stereocenters. The molecule has 128 valence electrons. The van der Waals surface area contributed by atoms with Crippen molar-refractivity contribution in [2.45, 2.75) is 50.0 Å². The maximum atomic E-state index is 11.6. The SMILES string of the molecule is NS(=O)(=O)c1ccc(CNC(=O)OCCC2CCCCC2)cc1. The summed E-state index contributed by atoms with van der Waals surface area (Å²) in [6.07, 6.45) is 6.84. The van der Waals surface area contributed by atoms with Crippen molar-refractivity contribution in [3.05, 3.63) is 29.8 Å². The first-order chi connectivity index (χ1) is 10.9. The Labute approximate surface area is 137 Å². The highest BCUT2D eigenvalue weighted by molar-refractivity contribution is 7.89. The Bertz CT molecular complexity index is 607. The van der Waals surface area contributed by atoms with Crippen molar-refractivity contribution in [3.8, 4) is 0 Å². The second kappa shape index (κ2) is 8.31. The molecule has 1 amide bonds. The molecule has 1 aliphatic carbocycles. The first-order valence-electron chi connectivity index (χ1n) is 7.97. The molecule has 0 saturated heterocycles. The first kappa shape index (κ1) is 17.7. The molecule has 1 aliphatic rings. The molecule has 0 radical (unpaired) electrons. The zero-order chi connectivity index (χ0) is 16.7.